The zero-order valence-corrected chi connectivity index (χ0v) is 15.8. The Bertz CT molecular complexity index is 740. The molecule has 0 amide bonds. The highest BCUT2D eigenvalue weighted by Gasteiger charge is 2.22. The molecular weight excluding hydrogens is 384 g/mol. The number of carbonyl (C=O) groups excluding carboxylic acids is 1. The maximum absolute atomic E-state index is 11.5. The number of hydrogen-bond acceptors (Lipinski definition) is 4. The molecule has 0 aromatic heterocycles. The lowest BCUT2D eigenvalue weighted by Crippen LogP contribution is -2.07. The van der Waals surface area contributed by atoms with Crippen LogP contribution in [-0.4, -0.2) is 19.7 Å². The minimum Gasteiger partial charge on any atom is -0.493 e. The summed E-state index contributed by atoms with van der Waals surface area (Å²) >= 11 is 3.52. The van der Waals surface area contributed by atoms with Crippen molar-refractivity contribution in [3.8, 4) is 11.5 Å². The van der Waals surface area contributed by atoms with Gasteiger partial charge in [0, 0.05) is 10.0 Å². The Kier molecular flexibility index (Phi) is 5.97. The summed E-state index contributed by atoms with van der Waals surface area (Å²) in [4.78, 5) is 11.5. The van der Waals surface area contributed by atoms with Gasteiger partial charge in [0.15, 0.2) is 0 Å². The van der Waals surface area contributed by atoms with Crippen LogP contribution in [0.15, 0.2) is 46.9 Å². The van der Waals surface area contributed by atoms with E-state index in [9.17, 15) is 4.79 Å². The van der Waals surface area contributed by atoms with Crippen LogP contribution in [0, 0.1) is 5.92 Å². The van der Waals surface area contributed by atoms with Crippen LogP contribution in [-0.2, 0) is 22.6 Å². The quantitative estimate of drug-likeness (QED) is 0.606. The molecule has 3 rings (SSSR count). The molecule has 0 heterocycles. The first-order valence-electron chi connectivity index (χ1n) is 8.34. The molecule has 132 valence electrons. The average molecular weight is 405 g/mol. The minimum absolute atomic E-state index is 0.195. The van der Waals surface area contributed by atoms with Gasteiger partial charge in [-0.15, -0.1) is 0 Å². The molecule has 0 unspecified atom stereocenters. The summed E-state index contributed by atoms with van der Waals surface area (Å²) in [6, 6.07) is 13.5. The van der Waals surface area contributed by atoms with Crippen LogP contribution in [0.4, 0.5) is 0 Å². The molecule has 4 nitrogen and oxygen atoms in total. The van der Waals surface area contributed by atoms with E-state index < -0.39 is 0 Å². The van der Waals surface area contributed by atoms with Gasteiger partial charge in [-0.05, 0) is 48.6 Å². The lowest BCUT2D eigenvalue weighted by Gasteiger charge is -2.12. The van der Waals surface area contributed by atoms with E-state index in [1.807, 2.05) is 42.5 Å². The van der Waals surface area contributed by atoms with Gasteiger partial charge in [-0.1, -0.05) is 34.1 Å². The van der Waals surface area contributed by atoms with Crippen LogP contribution < -0.4 is 9.47 Å². The first-order valence-corrected chi connectivity index (χ1v) is 9.13. The van der Waals surface area contributed by atoms with Crippen molar-refractivity contribution in [2.75, 3.05) is 13.7 Å². The highest BCUT2D eigenvalue weighted by molar-refractivity contribution is 9.10. The summed E-state index contributed by atoms with van der Waals surface area (Å²) in [6.07, 6.45) is 2.73. The summed E-state index contributed by atoms with van der Waals surface area (Å²) in [5, 5.41) is 0. The van der Waals surface area contributed by atoms with Crippen LogP contribution in [0.5, 0.6) is 11.5 Å². The predicted molar refractivity (Wildman–Crippen MR) is 98.9 cm³/mol. The van der Waals surface area contributed by atoms with Crippen molar-refractivity contribution >= 4 is 21.9 Å². The van der Waals surface area contributed by atoms with Gasteiger partial charge < -0.3 is 14.2 Å². The highest BCUT2D eigenvalue weighted by Crippen LogP contribution is 2.31. The molecule has 2 aromatic rings. The van der Waals surface area contributed by atoms with E-state index in [1.165, 1.54) is 20.0 Å². The molecule has 0 N–H and O–H groups in total. The molecular formula is C20H21BrO4. The lowest BCUT2D eigenvalue weighted by molar-refractivity contribution is -0.139. The molecule has 0 saturated heterocycles. The molecule has 1 saturated carbocycles. The van der Waals surface area contributed by atoms with Crippen molar-refractivity contribution in [3.05, 3.63) is 58.1 Å². The Morgan fingerprint density at radius 2 is 1.96 bits per heavy atom. The summed E-state index contributed by atoms with van der Waals surface area (Å²) in [5.41, 5.74) is 1.82. The minimum atomic E-state index is -0.283. The highest BCUT2D eigenvalue weighted by atomic mass is 79.9. The van der Waals surface area contributed by atoms with E-state index >= 15 is 0 Å². The number of rotatable bonds is 8. The number of carbonyl (C=O) groups is 1. The van der Waals surface area contributed by atoms with Gasteiger partial charge in [0.05, 0.1) is 20.1 Å². The molecule has 25 heavy (non-hydrogen) atoms. The number of halogens is 1. The van der Waals surface area contributed by atoms with Crippen LogP contribution in [0.25, 0.3) is 0 Å². The Balaban J connectivity index is 1.65. The molecule has 1 aliphatic carbocycles. The predicted octanol–water partition coefficient (Wildman–Crippen LogP) is 4.53. The monoisotopic (exact) mass is 404 g/mol. The molecule has 5 heteroatoms. The van der Waals surface area contributed by atoms with Crippen molar-refractivity contribution in [1.82, 2.24) is 0 Å². The molecule has 0 spiro atoms. The third-order valence-corrected chi connectivity index (χ3v) is 4.50. The third-order valence-electron chi connectivity index (χ3n) is 4.04. The Morgan fingerprint density at radius 1 is 1.16 bits per heavy atom. The molecule has 0 aliphatic heterocycles. The number of para-hydroxylation sites is 1. The number of benzene rings is 2. The second-order valence-corrected chi connectivity index (χ2v) is 7.11. The topological polar surface area (TPSA) is 44.8 Å². The number of hydrogen-bond donors (Lipinski definition) is 0. The lowest BCUT2D eigenvalue weighted by atomic mass is 10.1. The first kappa shape index (κ1) is 17.8. The van der Waals surface area contributed by atoms with Crippen molar-refractivity contribution in [2.45, 2.75) is 25.9 Å². The van der Waals surface area contributed by atoms with Gasteiger partial charge in [0.25, 0.3) is 0 Å². The van der Waals surface area contributed by atoms with E-state index in [0.717, 1.165) is 28.0 Å². The number of ether oxygens (including phenoxy) is 3. The van der Waals surface area contributed by atoms with Crippen molar-refractivity contribution in [3.63, 3.8) is 0 Å². The fourth-order valence-electron chi connectivity index (χ4n) is 2.47. The maximum atomic E-state index is 11.5. The molecule has 1 fully saturated rings. The van der Waals surface area contributed by atoms with E-state index in [2.05, 4.69) is 15.9 Å². The van der Waals surface area contributed by atoms with Gasteiger partial charge in [0.2, 0.25) is 0 Å². The van der Waals surface area contributed by atoms with Crippen molar-refractivity contribution < 1.29 is 19.0 Å². The summed E-state index contributed by atoms with van der Waals surface area (Å²) in [6.45, 7) is 1.18. The Hall–Kier alpha value is -2.01. The first-order chi connectivity index (χ1) is 12.1. The fourth-order valence-corrected chi connectivity index (χ4v) is 2.99. The van der Waals surface area contributed by atoms with Gasteiger partial charge in [0.1, 0.15) is 18.1 Å². The van der Waals surface area contributed by atoms with Crippen LogP contribution in [0.1, 0.15) is 24.0 Å². The van der Waals surface area contributed by atoms with E-state index in [1.54, 1.807) is 0 Å². The van der Waals surface area contributed by atoms with Crippen LogP contribution in [0.2, 0.25) is 0 Å². The normalized spacial score (nSPS) is 13.4. The standard InChI is InChI=1S/C20H21BrO4/c1-23-20(22)10-16-4-2-3-5-19(16)25-13-15-8-17(21)11-18(9-15)24-12-14-6-7-14/h2-5,8-9,11,14H,6-7,10,12-13H2,1H3. The van der Waals surface area contributed by atoms with E-state index in [-0.39, 0.29) is 12.4 Å². The molecule has 0 radical (unpaired) electrons. The fraction of sp³-hybridized carbons (Fsp3) is 0.350. The molecule has 1 aliphatic rings. The largest absolute Gasteiger partial charge is 0.493 e. The van der Waals surface area contributed by atoms with E-state index in [4.69, 9.17) is 14.2 Å². The molecule has 2 aromatic carbocycles. The van der Waals surface area contributed by atoms with Gasteiger partial charge in [-0.2, -0.15) is 0 Å². The summed E-state index contributed by atoms with van der Waals surface area (Å²) in [5.74, 6) is 1.97. The Morgan fingerprint density at radius 3 is 2.72 bits per heavy atom. The zero-order chi connectivity index (χ0) is 17.6. The van der Waals surface area contributed by atoms with Crippen LogP contribution in [0.3, 0.4) is 0 Å². The second kappa shape index (κ2) is 8.39. The third kappa shape index (κ3) is 5.49. The summed E-state index contributed by atoms with van der Waals surface area (Å²) < 4.78 is 17.5. The van der Waals surface area contributed by atoms with Gasteiger partial charge in [-0.3, -0.25) is 4.79 Å². The number of esters is 1. The molecule has 0 atom stereocenters. The SMILES string of the molecule is COC(=O)Cc1ccccc1OCc1cc(Br)cc(OCC2CC2)c1. The smallest absolute Gasteiger partial charge is 0.310 e. The summed E-state index contributed by atoms with van der Waals surface area (Å²) in [7, 11) is 1.39. The molecule has 0 bridgehead atoms. The van der Waals surface area contributed by atoms with Gasteiger partial charge >= 0.3 is 5.97 Å². The van der Waals surface area contributed by atoms with Gasteiger partial charge in [-0.25, -0.2) is 0 Å². The second-order valence-electron chi connectivity index (χ2n) is 6.20. The zero-order valence-electron chi connectivity index (χ0n) is 14.2. The maximum Gasteiger partial charge on any atom is 0.310 e. The van der Waals surface area contributed by atoms with E-state index in [0.29, 0.717) is 18.3 Å². The van der Waals surface area contributed by atoms with Crippen molar-refractivity contribution in [2.24, 2.45) is 5.92 Å². The Labute approximate surface area is 156 Å². The van der Waals surface area contributed by atoms with Crippen molar-refractivity contribution in [1.29, 1.82) is 0 Å². The average Bonchev–Trinajstić information content (AvgIpc) is 3.43. The number of methoxy groups -OCH3 is 1. The van der Waals surface area contributed by atoms with Crippen LogP contribution >= 0.6 is 15.9 Å².